The summed E-state index contributed by atoms with van der Waals surface area (Å²) in [7, 11) is 1.61. The molecular formula is C16H19N3O4S2. The summed E-state index contributed by atoms with van der Waals surface area (Å²) in [5.41, 5.74) is 0. The molecule has 0 bridgehead atoms. The first-order valence-corrected chi connectivity index (χ1v) is 9.64. The molecule has 1 aliphatic rings. The van der Waals surface area contributed by atoms with Crippen molar-refractivity contribution in [1.82, 2.24) is 10.2 Å². The molecule has 1 N–H and O–H groups in total. The van der Waals surface area contributed by atoms with Gasteiger partial charge in [0.05, 0.1) is 0 Å². The maximum absolute atomic E-state index is 12.0. The van der Waals surface area contributed by atoms with Crippen LogP contribution >= 0.6 is 23.1 Å². The zero-order valence-electron chi connectivity index (χ0n) is 14.0. The van der Waals surface area contributed by atoms with Crippen LogP contribution in [0.4, 0.5) is 5.13 Å². The number of fused-ring (bicyclic) bond motifs is 1. The summed E-state index contributed by atoms with van der Waals surface area (Å²) in [5.74, 6) is 2.10. The van der Waals surface area contributed by atoms with E-state index >= 15 is 0 Å². The van der Waals surface area contributed by atoms with Gasteiger partial charge in [0, 0.05) is 24.2 Å². The first-order chi connectivity index (χ1) is 12.2. The number of amides is 1. The Bertz CT molecular complexity index is 738. The number of hydrogen-bond acceptors (Lipinski definition) is 8. The van der Waals surface area contributed by atoms with Crippen LogP contribution in [0, 0.1) is 0 Å². The first kappa shape index (κ1) is 18.0. The molecule has 7 nitrogen and oxygen atoms in total. The number of rotatable bonds is 7. The highest BCUT2D eigenvalue weighted by Crippen LogP contribution is 2.34. The molecule has 0 fully saturated rings. The Morgan fingerprint density at radius 3 is 2.96 bits per heavy atom. The van der Waals surface area contributed by atoms with E-state index < -0.39 is 0 Å². The fourth-order valence-corrected chi connectivity index (χ4v) is 3.77. The first-order valence-electron chi connectivity index (χ1n) is 7.84. The van der Waals surface area contributed by atoms with Crippen LogP contribution in [0.3, 0.4) is 0 Å². The molecule has 1 unspecified atom stereocenters. The van der Waals surface area contributed by atoms with Gasteiger partial charge < -0.3 is 19.5 Å². The highest BCUT2D eigenvalue weighted by molar-refractivity contribution is 7.99. The van der Waals surface area contributed by atoms with Crippen molar-refractivity contribution in [2.45, 2.75) is 24.3 Å². The maximum atomic E-state index is 12.0. The minimum atomic E-state index is -0.131. The highest BCUT2D eigenvalue weighted by atomic mass is 32.2. The molecule has 1 atom stereocenters. The van der Waals surface area contributed by atoms with Crippen LogP contribution in [0.2, 0.25) is 0 Å². The number of benzene rings is 1. The van der Waals surface area contributed by atoms with Crippen LogP contribution in [-0.2, 0) is 9.53 Å². The molecule has 134 valence electrons. The number of methoxy groups -OCH3 is 1. The van der Waals surface area contributed by atoms with Crippen LogP contribution in [0.25, 0.3) is 0 Å². The molecule has 2 heterocycles. The third kappa shape index (κ3) is 4.83. The summed E-state index contributed by atoms with van der Waals surface area (Å²) in [6, 6.07) is 5.82. The fraction of sp³-hybridized carbons (Fsp3) is 0.438. The number of carbonyl (C=O) groups is 1. The smallest absolute Gasteiger partial charge is 0.227 e. The summed E-state index contributed by atoms with van der Waals surface area (Å²) in [5, 5.41) is 12.0. The third-order valence-electron chi connectivity index (χ3n) is 3.50. The van der Waals surface area contributed by atoms with Gasteiger partial charge in [-0.05, 0) is 25.1 Å². The summed E-state index contributed by atoms with van der Waals surface area (Å²) in [4.78, 5) is 13.1. The molecule has 0 spiro atoms. The molecule has 25 heavy (non-hydrogen) atoms. The predicted octanol–water partition coefficient (Wildman–Crippen LogP) is 3.14. The lowest BCUT2D eigenvalue weighted by molar-refractivity contribution is -0.115. The van der Waals surface area contributed by atoms with Crippen molar-refractivity contribution in [2.24, 2.45) is 0 Å². The van der Waals surface area contributed by atoms with E-state index in [-0.39, 0.29) is 12.0 Å². The zero-order chi connectivity index (χ0) is 17.6. The molecule has 9 heteroatoms. The molecule has 1 amide bonds. The Kier molecular flexibility index (Phi) is 6.11. The molecule has 0 saturated heterocycles. The van der Waals surface area contributed by atoms with Crippen molar-refractivity contribution in [2.75, 3.05) is 31.4 Å². The van der Waals surface area contributed by atoms with E-state index in [4.69, 9.17) is 14.2 Å². The van der Waals surface area contributed by atoms with Gasteiger partial charge in [0.2, 0.25) is 11.0 Å². The van der Waals surface area contributed by atoms with E-state index in [1.807, 2.05) is 25.1 Å². The number of carbonyl (C=O) groups excluding carboxylic acids is 1. The van der Waals surface area contributed by atoms with Gasteiger partial charge in [-0.1, -0.05) is 11.3 Å². The minimum Gasteiger partial charge on any atom is -0.486 e. The number of hydrogen-bond donors (Lipinski definition) is 1. The summed E-state index contributed by atoms with van der Waals surface area (Å²) < 4.78 is 16.2. The number of anilines is 1. The SMILES string of the molecule is COC(C)c1nnc(NC(=O)CCSc2ccc3c(c2)OCCO3)s1. The summed E-state index contributed by atoms with van der Waals surface area (Å²) >= 11 is 2.92. The minimum absolute atomic E-state index is 0.0854. The van der Waals surface area contributed by atoms with Crippen LogP contribution in [-0.4, -0.2) is 42.2 Å². The molecule has 0 saturated carbocycles. The molecule has 0 radical (unpaired) electrons. The highest BCUT2D eigenvalue weighted by Gasteiger charge is 2.14. The van der Waals surface area contributed by atoms with Crippen molar-refractivity contribution in [1.29, 1.82) is 0 Å². The number of aromatic nitrogens is 2. The predicted molar refractivity (Wildman–Crippen MR) is 96.7 cm³/mol. The van der Waals surface area contributed by atoms with Gasteiger partial charge >= 0.3 is 0 Å². The Morgan fingerprint density at radius 2 is 2.16 bits per heavy atom. The number of ether oxygens (including phenoxy) is 3. The number of nitrogens with one attached hydrogen (secondary N) is 1. The topological polar surface area (TPSA) is 82.6 Å². The number of nitrogens with zero attached hydrogens (tertiary/aromatic N) is 2. The monoisotopic (exact) mass is 381 g/mol. The second-order valence-corrected chi connectivity index (χ2v) is 7.45. The van der Waals surface area contributed by atoms with Crippen molar-refractivity contribution in [3.8, 4) is 11.5 Å². The molecule has 1 aromatic carbocycles. The Hall–Kier alpha value is -1.84. The lowest BCUT2D eigenvalue weighted by atomic mass is 10.3. The van der Waals surface area contributed by atoms with E-state index in [9.17, 15) is 4.79 Å². The quantitative estimate of drug-likeness (QED) is 0.738. The van der Waals surface area contributed by atoms with Gasteiger partial charge in [-0.2, -0.15) is 0 Å². The fourth-order valence-electron chi connectivity index (χ4n) is 2.11. The molecule has 3 rings (SSSR count). The zero-order valence-corrected chi connectivity index (χ0v) is 15.6. The van der Waals surface area contributed by atoms with Gasteiger partial charge in [0.25, 0.3) is 0 Å². The van der Waals surface area contributed by atoms with Gasteiger partial charge in [-0.25, -0.2) is 0 Å². The average molecular weight is 381 g/mol. The van der Waals surface area contributed by atoms with Crippen molar-refractivity contribution >= 4 is 34.1 Å². The Balaban J connectivity index is 1.45. The standard InChI is InChI=1S/C16H19N3O4S2/c1-10(21-2)15-18-19-16(25-15)17-14(20)5-8-24-11-3-4-12-13(9-11)23-7-6-22-12/h3-4,9-10H,5-8H2,1-2H3,(H,17,19,20). The Labute approximate surface area is 154 Å². The lowest BCUT2D eigenvalue weighted by Crippen LogP contribution is -2.15. The second kappa shape index (κ2) is 8.50. The van der Waals surface area contributed by atoms with Gasteiger partial charge in [-0.15, -0.1) is 22.0 Å². The number of thioether (sulfide) groups is 1. The van der Waals surface area contributed by atoms with Crippen LogP contribution in [0.15, 0.2) is 23.1 Å². The molecule has 1 aromatic heterocycles. The Morgan fingerprint density at radius 1 is 1.36 bits per heavy atom. The van der Waals surface area contributed by atoms with Gasteiger partial charge in [0.15, 0.2) is 11.5 Å². The molecule has 1 aliphatic heterocycles. The van der Waals surface area contributed by atoms with Crippen LogP contribution < -0.4 is 14.8 Å². The van der Waals surface area contributed by atoms with E-state index in [1.54, 1.807) is 18.9 Å². The molecule has 0 aliphatic carbocycles. The summed E-state index contributed by atoms with van der Waals surface area (Å²) in [6.07, 6.45) is 0.252. The third-order valence-corrected chi connectivity index (χ3v) is 5.50. The molecule has 2 aromatic rings. The van der Waals surface area contributed by atoms with Gasteiger partial charge in [-0.3, -0.25) is 4.79 Å². The molecular weight excluding hydrogens is 362 g/mol. The van der Waals surface area contributed by atoms with Crippen LogP contribution in [0.5, 0.6) is 11.5 Å². The van der Waals surface area contributed by atoms with E-state index in [0.717, 1.165) is 21.4 Å². The van der Waals surface area contributed by atoms with Crippen molar-refractivity contribution in [3.63, 3.8) is 0 Å². The maximum Gasteiger partial charge on any atom is 0.227 e. The van der Waals surface area contributed by atoms with E-state index in [2.05, 4.69) is 15.5 Å². The summed E-state index contributed by atoms with van der Waals surface area (Å²) in [6.45, 7) is 3.03. The van der Waals surface area contributed by atoms with Crippen molar-refractivity contribution in [3.05, 3.63) is 23.2 Å². The van der Waals surface area contributed by atoms with E-state index in [0.29, 0.717) is 30.5 Å². The van der Waals surface area contributed by atoms with E-state index in [1.165, 1.54) is 11.3 Å². The normalized spacial score (nSPS) is 14.2. The average Bonchev–Trinajstić information content (AvgIpc) is 3.09. The van der Waals surface area contributed by atoms with Gasteiger partial charge in [0.1, 0.15) is 24.3 Å². The van der Waals surface area contributed by atoms with Crippen molar-refractivity contribution < 1.29 is 19.0 Å². The largest absolute Gasteiger partial charge is 0.486 e. The second-order valence-electron chi connectivity index (χ2n) is 5.28. The lowest BCUT2D eigenvalue weighted by Gasteiger charge is -2.18. The van der Waals surface area contributed by atoms with Crippen LogP contribution in [0.1, 0.15) is 24.5 Å².